The Hall–Kier alpha value is -2.04. The maximum absolute atomic E-state index is 12.6. The monoisotopic (exact) mass is 287 g/mol. The number of esters is 1. The number of phenolic OH excluding ortho intramolecular Hbond substituents is 1. The van der Waals surface area contributed by atoms with Crippen LogP contribution in [0.4, 0.5) is 5.69 Å². The fraction of sp³-hybridized carbons (Fsp3) is 0.500. The minimum Gasteiger partial charge on any atom is -0.506 e. The van der Waals surface area contributed by atoms with Gasteiger partial charge in [0.25, 0.3) is 0 Å². The quantitative estimate of drug-likeness (QED) is 0.643. The summed E-state index contributed by atoms with van der Waals surface area (Å²) >= 11 is 0. The molecule has 2 bridgehead atoms. The van der Waals surface area contributed by atoms with E-state index in [1.165, 1.54) is 0 Å². The molecule has 0 unspecified atom stereocenters. The fourth-order valence-electron chi connectivity index (χ4n) is 4.33. The summed E-state index contributed by atoms with van der Waals surface area (Å²) < 4.78 is 5.34. The van der Waals surface area contributed by atoms with Crippen LogP contribution in [-0.4, -0.2) is 23.1 Å². The topological polar surface area (TPSA) is 75.6 Å². The number of carbonyl (C=O) groups excluding carboxylic acids is 2. The number of nitrogens with one attached hydrogen (secondary N) is 1. The van der Waals surface area contributed by atoms with E-state index >= 15 is 0 Å². The molecule has 2 N–H and O–H groups in total. The third-order valence-electron chi connectivity index (χ3n) is 5.20. The number of benzene rings is 1. The summed E-state index contributed by atoms with van der Waals surface area (Å²) in [5.74, 6) is -0.525. The molecule has 110 valence electrons. The molecule has 1 amide bonds. The van der Waals surface area contributed by atoms with Crippen molar-refractivity contribution in [1.82, 2.24) is 0 Å². The zero-order chi connectivity index (χ0) is 14.7. The molecule has 5 atom stereocenters. The van der Waals surface area contributed by atoms with Crippen LogP contribution >= 0.6 is 0 Å². The molecule has 1 aromatic carbocycles. The van der Waals surface area contributed by atoms with E-state index in [0.29, 0.717) is 5.69 Å². The number of hydrogen-bond donors (Lipinski definition) is 2. The molecule has 5 nitrogen and oxygen atoms in total. The molecular weight excluding hydrogens is 270 g/mol. The largest absolute Gasteiger partial charge is 0.506 e. The molecule has 3 aliphatic rings. The maximum Gasteiger partial charge on any atom is 0.310 e. The van der Waals surface area contributed by atoms with Gasteiger partial charge in [0.15, 0.2) is 0 Å². The number of aryl methyl sites for hydroxylation is 1. The van der Waals surface area contributed by atoms with Gasteiger partial charge >= 0.3 is 5.97 Å². The van der Waals surface area contributed by atoms with Crippen LogP contribution in [0, 0.1) is 30.6 Å². The number of ether oxygens (including phenoxy) is 1. The molecule has 0 aromatic heterocycles. The van der Waals surface area contributed by atoms with E-state index in [4.69, 9.17) is 4.74 Å². The predicted octanol–water partition coefficient (Wildman–Crippen LogP) is 1.84. The van der Waals surface area contributed by atoms with Crippen LogP contribution in [0.5, 0.6) is 5.75 Å². The number of phenols is 1. The lowest BCUT2D eigenvalue weighted by Crippen LogP contribution is -2.35. The molecule has 5 heteroatoms. The fourth-order valence-corrected chi connectivity index (χ4v) is 4.33. The summed E-state index contributed by atoms with van der Waals surface area (Å²) in [5.41, 5.74) is 1.36. The Morgan fingerprint density at radius 2 is 2.19 bits per heavy atom. The van der Waals surface area contributed by atoms with Crippen LogP contribution in [0.2, 0.25) is 0 Å². The first-order chi connectivity index (χ1) is 10.0. The number of aromatic hydroxyl groups is 1. The average molecular weight is 287 g/mol. The number of anilines is 1. The number of hydrogen-bond acceptors (Lipinski definition) is 4. The lowest BCUT2D eigenvalue weighted by Gasteiger charge is -2.23. The van der Waals surface area contributed by atoms with Gasteiger partial charge in [-0.3, -0.25) is 9.59 Å². The minimum atomic E-state index is -0.318. The summed E-state index contributed by atoms with van der Waals surface area (Å²) in [6, 6.07) is 5.07. The minimum absolute atomic E-state index is 0.0314. The van der Waals surface area contributed by atoms with Crippen molar-refractivity contribution in [2.45, 2.75) is 25.9 Å². The van der Waals surface area contributed by atoms with Crippen LogP contribution in [0.3, 0.4) is 0 Å². The summed E-state index contributed by atoms with van der Waals surface area (Å²) in [6.07, 6.45) is 1.73. The van der Waals surface area contributed by atoms with Crippen LogP contribution in [0.1, 0.15) is 18.4 Å². The molecule has 21 heavy (non-hydrogen) atoms. The van der Waals surface area contributed by atoms with Gasteiger partial charge < -0.3 is 15.2 Å². The van der Waals surface area contributed by atoms with Gasteiger partial charge in [0.1, 0.15) is 11.9 Å². The summed E-state index contributed by atoms with van der Waals surface area (Å²) in [5, 5.41) is 12.6. The van der Waals surface area contributed by atoms with E-state index in [1.807, 2.05) is 6.92 Å². The van der Waals surface area contributed by atoms with Crippen molar-refractivity contribution in [3.63, 3.8) is 0 Å². The Morgan fingerprint density at radius 1 is 1.38 bits per heavy atom. The molecular formula is C16H17NO4. The second kappa shape index (κ2) is 4.23. The van der Waals surface area contributed by atoms with Gasteiger partial charge in [-0.05, 0) is 43.4 Å². The number of carbonyl (C=O) groups is 2. The Kier molecular flexibility index (Phi) is 2.55. The second-order valence-electron chi connectivity index (χ2n) is 6.43. The van der Waals surface area contributed by atoms with Gasteiger partial charge in [0.2, 0.25) is 5.91 Å². The van der Waals surface area contributed by atoms with Crippen molar-refractivity contribution < 1.29 is 19.4 Å². The van der Waals surface area contributed by atoms with Crippen LogP contribution in [-0.2, 0) is 14.3 Å². The van der Waals surface area contributed by atoms with Crippen LogP contribution in [0.25, 0.3) is 0 Å². The first-order valence-electron chi connectivity index (χ1n) is 7.35. The number of rotatable bonds is 2. The van der Waals surface area contributed by atoms with E-state index in [2.05, 4.69) is 5.32 Å². The molecule has 2 aliphatic carbocycles. The number of fused-ring (bicyclic) bond motifs is 1. The highest BCUT2D eigenvalue weighted by molar-refractivity contribution is 5.97. The molecule has 1 saturated heterocycles. The van der Waals surface area contributed by atoms with Crippen molar-refractivity contribution in [1.29, 1.82) is 0 Å². The Balaban J connectivity index is 1.58. The molecule has 1 heterocycles. The predicted molar refractivity (Wildman–Crippen MR) is 74.5 cm³/mol. The third kappa shape index (κ3) is 1.76. The van der Waals surface area contributed by atoms with Crippen molar-refractivity contribution in [3.8, 4) is 5.75 Å². The van der Waals surface area contributed by atoms with E-state index in [1.54, 1.807) is 18.2 Å². The van der Waals surface area contributed by atoms with Crippen molar-refractivity contribution in [3.05, 3.63) is 23.8 Å². The standard InChI is InChI=1S/C16H17NO4/c1-7-2-3-11(18)10(4-7)17-15(19)13-8-5-9-12(6-8)21-16(20)14(9)13/h2-4,8-9,12-14,18H,5-6H2,1H3,(H,17,19)/t8-,9-,12+,13-,14-/m0/s1. The van der Waals surface area contributed by atoms with Gasteiger partial charge in [0, 0.05) is 5.92 Å². The van der Waals surface area contributed by atoms with Crippen LogP contribution in [0.15, 0.2) is 18.2 Å². The average Bonchev–Trinajstić information content (AvgIpc) is 3.03. The summed E-state index contributed by atoms with van der Waals surface area (Å²) in [7, 11) is 0. The highest BCUT2D eigenvalue weighted by Crippen LogP contribution is 2.57. The zero-order valence-electron chi connectivity index (χ0n) is 11.7. The first-order valence-corrected chi connectivity index (χ1v) is 7.35. The lowest BCUT2D eigenvalue weighted by molar-refractivity contribution is -0.145. The summed E-state index contributed by atoms with van der Waals surface area (Å²) in [6.45, 7) is 1.89. The van der Waals surface area contributed by atoms with E-state index < -0.39 is 0 Å². The van der Waals surface area contributed by atoms with Gasteiger partial charge in [0.05, 0.1) is 17.5 Å². The Morgan fingerprint density at radius 3 is 3.00 bits per heavy atom. The maximum atomic E-state index is 12.6. The Bertz CT molecular complexity index is 639. The lowest BCUT2D eigenvalue weighted by atomic mass is 9.79. The number of amides is 1. The van der Waals surface area contributed by atoms with Gasteiger partial charge in [-0.15, -0.1) is 0 Å². The highest BCUT2D eigenvalue weighted by Gasteiger charge is 2.63. The molecule has 2 saturated carbocycles. The molecule has 4 rings (SSSR count). The van der Waals surface area contributed by atoms with Gasteiger partial charge in [-0.1, -0.05) is 6.07 Å². The summed E-state index contributed by atoms with van der Waals surface area (Å²) in [4.78, 5) is 24.5. The van der Waals surface area contributed by atoms with E-state index in [9.17, 15) is 14.7 Å². The van der Waals surface area contributed by atoms with Crippen LogP contribution < -0.4 is 5.32 Å². The van der Waals surface area contributed by atoms with Crippen molar-refractivity contribution >= 4 is 17.6 Å². The molecule has 1 aliphatic heterocycles. The highest BCUT2D eigenvalue weighted by atomic mass is 16.6. The first kappa shape index (κ1) is 12.7. The molecule has 3 fully saturated rings. The molecule has 1 aromatic rings. The molecule has 0 radical (unpaired) electrons. The smallest absolute Gasteiger partial charge is 0.310 e. The van der Waals surface area contributed by atoms with E-state index in [-0.39, 0.29) is 47.4 Å². The molecule has 0 spiro atoms. The van der Waals surface area contributed by atoms with E-state index in [0.717, 1.165) is 18.4 Å². The normalized spacial score (nSPS) is 35.9. The van der Waals surface area contributed by atoms with Gasteiger partial charge in [-0.25, -0.2) is 0 Å². The van der Waals surface area contributed by atoms with Crippen molar-refractivity contribution in [2.24, 2.45) is 23.7 Å². The Labute approximate surface area is 122 Å². The second-order valence-corrected chi connectivity index (χ2v) is 6.43. The SMILES string of the molecule is Cc1ccc(O)c(NC(=O)[C@H]2[C@H]3C[C@@H]4[C@@H]2C(=O)O[C@@H]4C3)c1. The zero-order valence-corrected chi connectivity index (χ0v) is 11.7. The van der Waals surface area contributed by atoms with Crippen molar-refractivity contribution in [2.75, 3.05) is 5.32 Å². The van der Waals surface area contributed by atoms with Gasteiger partial charge in [-0.2, -0.15) is 0 Å². The third-order valence-corrected chi connectivity index (χ3v) is 5.20.